The molecule has 5 heteroatoms. The second kappa shape index (κ2) is 7.32. The standard InChI is InChI=1S/C19H17ClN2O2/c1-22(12-15-9-5-6-10-17(15)20)18(23)11-16-13-24-19(21-16)14-7-3-2-4-8-14/h2-10,13H,11-12H2,1H3. The predicted molar refractivity (Wildman–Crippen MR) is 93.6 cm³/mol. The maximum absolute atomic E-state index is 12.4. The molecule has 0 unspecified atom stereocenters. The Bertz CT molecular complexity index is 830. The van der Waals surface area contributed by atoms with Crippen LogP contribution in [-0.4, -0.2) is 22.8 Å². The van der Waals surface area contributed by atoms with E-state index in [1.807, 2.05) is 54.6 Å². The average Bonchev–Trinajstić information content (AvgIpc) is 3.06. The van der Waals surface area contributed by atoms with E-state index in [0.717, 1.165) is 11.1 Å². The Balaban J connectivity index is 1.65. The summed E-state index contributed by atoms with van der Waals surface area (Å²) in [5.74, 6) is 0.481. The molecule has 3 rings (SSSR count). The van der Waals surface area contributed by atoms with Crippen LogP contribution in [0.3, 0.4) is 0 Å². The van der Waals surface area contributed by atoms with Gasteiger partial charge in [-0.05, 0) is 23.8 Å². The summed E-state index contributed by atoms with van der Waals surface area (Å²) in [7, 11) is 1.75. The molecule has 0 aliphatic rings. The number of likely N-dealkylation sites (N-methyl/N-ethyl adjacent to an activating group) is 1. The molecule has 0 spiro atoms. The average molecular weight is 341 g/mol. The lowest BCUT2D eigenvalue weighted by molar-refractivity contribution is -0.129. The smallest absolute Gasteiger partial charge is 0.228 e. The van der Waals surface area contributed by atoms with E-state index in [1.165, 1.54) is 6.26 Å². The molecule has 122 valence electrons. The third-order valence-electron chi connectivity index (χ3n) is 3.70. The van der Waals surface area contributed by atoms with E-state index in [1.54, 1.807) is 11.9 Å². The van der Waals surface area contributed by atoms with Gasteiger partial charge >= 0.3 is 0 Å². The highest BCUT2D eigenvalue weighted by Gasteiger charge is 2.15. The molecule has 1 amide bonds. The Morgan fingerprint density at radius 3 is 2.58 bits per heavy atom. The van der Waals surface area contributed by atoms with Crippen molar-refractivity contribution >= 4 is 17.5 Å². The number of hydrogen-bond donors (Lipinski definition) is 0. The van der Waals surface area contributed by atoms with Crippen LogP contribution < -0.4 is 0 Å². The van der Waals surface area contributed by atoms with Gasteiger partial charge in [0.15, 0.2) is 0 Å². The largest absolute Gasteiger partial charge is 0.444 e. The first kappa shape index (κ1) is 16.3. The molecule has 0 atom stereocenters. The SMILES string of the molecule is CN(Cc1ccccc1Cl)C(=O)Cc1coc(-c2ccccc2)n1. The number of benzene rings is 2. The molecule has 4 nitrogen and oxygen atoms in total. The topological polar surface area (TPSA) is 46.3 Å². The first-order valence-electron chi connectivity index (χ1n) is 7.60. The molecule has 0 radical (unpaired) electrons. The van der Waals surface area contributed by atoms with Gasteiger partial charge in [-0.25, -0.2) is 4.98 Å². The number of hydrogen-bond acceptors (Lipinski definition) is 3. The molecule has 0 aliphatic carbocycles. The van der Waals surface area contributed by atoms with Gasteiger partial charge in [-0.2, -0.15) is 0 Å². The summed E-state index contributed by atoms with van der Waals surface area (Å²) in [6.07, 6.45) is 1.72. The Kier molecular flexibility index (Phi) is 4.96. The minimum atomic E-state index is -0.0390. The lowest BCUT2D eigenvalue weighted by Gasteiger charge is -2.17. The van der Waals surface area contributed by atoms with Gasteiger partial charge in [0.2, 0.25) is 11.8 Å². The molecule has 0 aliphatic heterocycles. The van der Waals surface area contributed by atoms with Crippen LogP contribution in [0, 0.1) is 0 Å². The van der Waals surface area contributed by atoms with E-state index in [2.05, 4.69) is 4.98 Å². The third kappa shape index (κ3) is 3.84. The van der Waals surface area contributed by atoms with E-state index in [9.17, 15) is 4.79 Å². The van der Waals surface area contributed by atoms with Gasteiger partial charge in [-0.3, -0.25) is 4.79 Å². The van der Waals surface area contributed by atoms with Crippen LogP contribution in [-0.2, 0) is 17.8 Å². The monoisotopic (exact) mass is 340 g/mol. The highest BCUT2D eigenvalue weighted by atomic mass is 35.5. The molecule has 1 aromatic heterocycles. The van der Waals surface area contributed by atoms with Crippen molar-refractivity contribution in [1.29, 1.82) is 0 Å². The molecule has 24 heavy (non-hydrogen) atoms. The van der Waals surface area contributed by atoms with Crippen LogP contribution in [0.2, 0.25) is 5.02 Å². The quantitative estimate of drug-likeness (QED) is 0.699. The van der Waals surface area contributed by atoms with E-state index in [0.29, 0.717) is 23.2 Å². The highest BCUT2D eigenvalue weighted by Crippen LogP contribution is 2.19. The fourth-order valence-electron chi connectivity index (χ4n) is 2.36. The molecule has 0 N–H and O–H groups in total. The van der Waals surface area contributed by atoms with Crippen molar-refractivity contribution in [2.24, 2.45) is 0 Å². The Morgan fingerprint density at radius 1 is 1.12 bits per heavy atom. The molecule has 0 saturated heterocycles. The van der Waals surface area contributed by atoms with Gasteiger partial charge in [0.05, 0.1) is 12.1 Å². The van der Waals surface area contributed by atoms with Gasteiger partial charge in [0, 0.05) is 24.2 Å². The summed E-state index contributed by atoms with van der Waals surface area (Å²) in [4.78, 5) is 18.4. The van der Waals surface area contributed by atoms with Crippen molar-refractivity contribution in [2.45, 2.75) is 13.0 Å². The second-order valence-electron chi connectivity index (χ2n) is 5.53. The minimum absolute atomic E-state index is 0.0390. The van der Waals surface area contributed by atoms with Gasteiger partial charge in [-0.15, -0.1) is 0 Å². The van der Waals surface area contributed by atoms with E-state index < -0.39 is 0 Å². The van der Waals surface area contributed by atoms with Crippen LogP contribution in [0.15, 0.2) is 65.3 Å². The van der Waals surface area contributed by atoms with Crippen LogP contribution in [0.4, 0.5) is 0 Å². The molecule has 0 saturated carbocycles. The molecule has 2 aromatic carbocycles. The Labute approximate surface area is 145 Å². The van der Waals surface area contributed by atoms with Gasteiger partial charge in [-0.1, -0.05) is 48.0 Å². The van der Waals surface area contributed by atoms with Crippen molar-refractivity contribution in [1.82, 2.24) is 9.88 Å². The second-order valence-corrected chi connectivity index (χ2v) is 5.94. The van der Waals surface area contributed by atoms with Crippen LogP contribution in [0.5, 0.6) is 0 Å². The Hall–Kier alpha value is -2.59. The number of carbonyl (C=O) groups is 1. The Morgan fingerprint density at radius 2 is 1.83 bits per heavy atom. The van der Waals surface area contributed by atoms with Crippen molar-refractivity contribution < 1.29 is 9.21 Å². The van der Waals surface area contributed by atoms with Crippen molar-refractivity contribution in [3.05, 3.63) is 77.1 Å². The maximum atomic E-state index is 12.4. The fraction of sp³-hybridized carbons (Fsp3) is 0.158. The first-order valence-corrected chi connectivity index (χ1v) is 7.98. The summed E-state index contributed by atoms with van der Waals surface area (Å²) in [5, 5.41) is 0.657. The summed E-state index contributed by atoms with van der Waals surface area (Å²) in [6, 6.07) is 17.1. The lowest BCUT2D eigenvalue weighted by Crippen LogP contribution is -2.27. The highest BCUT2D eigenvalue weighted by molar-refractivity contribution is 6.31. The lowest BCUT2D eigenvalue weighted by atomic mass is 10.2. The zero-order valence-corrected chi connectivity index (χ0v) is 14.0. The molecule has 3 aromatic rings. The number of nitrogens with zero attached hydrogens (tertiary/aromatic N) is 2. The fourth-order valence-corrected chi connectivity index (χ4v) is 2.56. The number of rotatable bonds is 5. The van der Waals surface area contributed by atoms with Crippen molar-refractivity contribution in [3.63, 3.8) is 0 Å². The first-order chi connectivity index (χ1) is 11.6. The number of halogens is 1. The summed E-state index contributed by atoms with van der Waals surface area (Å²) in [6.45, 7) is 0.460. The van der Waals surface area contributed by atoms with Crippen molar-refractivity contribution in [2.75, 3.05) is 7.05 Å². The molecular weight excluding hydrogens is 324 g/mol. The predicted octanol–water partition coefficient (Wildman–Crippen LogP) is 4.20. The third-order valence-corrected chi connectivity index (χ3v) is 4.06. The molecular formula is C19H17ClN2O2. The van der Waals surface area contributed by atoms with E-state index in [-0.39, 0.29) is 12.3 Å². The zero-order chi connectivity index (χ0) is 16.9. The molecule has 1 heterocycles. The molecule has 0 fully saturated rings. The maximum Gasteiger partial charge on any atom is 0.228 e. The molecule has 0 bridgehead atoms. The number of carbonyl (C=O) groups excluding carboxylic acids is 1. The van der Waals surface area contributed by atoms with Gasteiger partial charge < -0.3 is 9.32 Å². The van der Waals surface area contributed by atoms with Gasteiger partial charge in [0.1, 0.15) is 6.26 Å². The van der Waals surface area contributed by atoms with Crippen LogP contribution >= 0.6 is 11.6 Å². The summed E-state index contributed by atoms with van der Waals surface area (Å²) in [5.41, 5.74) is 2.42. The van der Waals surface area contributed by atoms with Gasteiger partial charge in [0.25, 0.3) is 0 Å². The summed E-state index contributed by atoms with van der Waals surface area (Å²) >= 11 is 6.14. The summed E-state index contributed by atoms with van der Waals surface area (Å²) < 4.78 is 5.47. The van der Waals surface area contributed by atoms with Crippen LogP contribution in [0.25, 0.3) is 11.5 Å². The zero-order valence-electron chi connectivity index (χ0n) is 13.3. The number of aromatic nitrogens is 1. The number of amides is 1. The minimum Gasteiger partial charge on any atom is -0.444 e. The van der Waals surface area contributed by atoms with Crippen molar-refractivity contribution in [3.8, 4) is 11.5 Å². The van der Waals surface area contributed by atoms with E-state index >= 15 is 0 Å². The van der Waals surface area contributed by atoms with Crippen LogP contribution in [0.1, 0.15) is 11.3 Å². The van der Waals surface area contributed by atoms with E-state index in [4.69, 9.17) is 16.0 Å². The normalized spacial score (nSPS) is 10.6. The number of oxazole rings is 1.